The molecule has 1 aromatic carbocycles. The van der Waals surface area contributed by atoms with Crippen LogP contribution in [0.2, 0.25) is 5.22 Å². The molecule has 4 heteroatoms. The minimum absolute atomic E-state index is 0.0258. The summed E-state index contributed by atoms with van der Waals surface area (Å²) < 4.78 is 5.02. The molecule has 104 valence electrons. The first kappa shape index (κ1) is 13.3. The number of benzene rings is 1. The molecule has 1 saturated heterocycles. The summed E-state index contributed by atoms with van der Waals surface area (Å²) in [4.78, 5) is 14.4. The fraction of sp³-hybridized carbons (Fsp3) is 0.312. The van der Waals surface area contributed by atoms with Crippen LogP contribution in [-0.2, 0) is 6.42 Å². The lowest BCUT2D eigenvalue weighted by molar-refractivity contribution is 0.0736. The molecule has 20 heavy (non-hydrogen) atoms. The fourth-order valence-corrected chi connectivity index (χ4v) is 3.00. The Hall–Kier alpha value is -1.74. The Morgan fingerprint density at radius 2 is 2.10 bits per heavy atom. The van der Waals surface area contributed by atoms with Crippen molar-refractivity contribution in [3.05, 3.63) is 59.0 Å². The van der Waals surface area contributed by atoms with Gasteiger partial charge in [0.2, 0.25) is 5.22 Å². The summed E-state index contributed by atoms with van der Waals surface area (Å²) >= 11 is 5.91. The summed E-state index contributed by atoms with van der Waals surface area (Å²) in [5.41, 5.74) is 1.72. The lowest BCUT2D eigenvalue weighted by Crippen LogP contribution is -2.36. The molecule has 1 unspecified atom stereocenters. The SMILES string of the molecule is O=C(c1ccoc1Cl)N1CCCC1Cc1ccccc1. The summed E-state index contributed by atoms with van der Waals surface area (Å²) in [7, 11) is 0. The molecule has 0 saturated carbocycles. The fourth-order valence-electron chi connectivity index (χ4n) is 2.80. The number of nitrogens with zero attached hydrogens (tertiary/aromatic N) is 1. The number of rotatable bonds is 3. The average molecular weight is 290 g/mol. The van der Waals surface area contributed by atoms with Crippen LogP contribution in [0.5, 0.6) is 0 Å². The number of halogens is 1. The van der Waals surface area contributed by atoms with Gasteiger partial charge >= 0.3 is 0 Å². The molecule has 0 bridgehead atoms. The van der Waals surface area contributed by atoms with Gasteiger partial charge in [0.25, 0.3) is 5.91 Å². The van der Waals surface area contributed by atoms with E-state index in [0.29, 0.717) is 5.56 Å². The highest BCUT2D eigenvalue weighted by Crippen LogP contribution is 2.26. The molecule has 1 atom stereocenters. The normalized spacial score (nSPS) is 18.4. The van der Waals surface area contributed by atoms with Crippen molar-refractivity contribution in [3.63, 3.8) is 0 Å². The standard InChI is InChI=1S/C16H16ClNO2/c17-15-14(8-10-20-15)16(19)18-9-4-7-13(18)11-12-5-2-1-3-6-12/h1-3,5-6,8,10,13H,4,7,9,11H2. The summed E-state index contributed by atoms with van der Waals surface area (Å²) in [6.07, 6.45) is 4.43. The Morgan fingerprint density at radius 3 is 2.80 bits per heavy atom. The zero-order valence-corrected chi connectivity index (χ0v) is 11.8. The van der Waals surface area contributed by atoms with E-state index in [1.165, 1.54) is 11.8 Å². The number of carbonyl (C=O) groups excluding carboxylic acids is 1. The van der Waals surface area contributed by atoms with Gasteiger partial charge in [0.15, 0.2) is 0 Å². The van der Waals surface area contributed by atoms with E-state index in [4.69, 9.17) is 16.0 Å². The highest BCUT2D eigenvalue weighted by atomic mass is 35.5. The number of likely N-dealkylation sites (tertiary alicyclic amines) is 1. The first-order valence-corrected chi connectivity index (χ1v) is 7.21. The second-order valence-corrected chi connectivity index (χ2v) is 5.44. The summed E-state index contributed by atoms with van der Waals surface area (Å²) in [6, 6.07) is 12.2. The van der Waals surface area contributed by atoms with Gasteiger partial charge < -0.3 is 9.32 Å². The van der Waals surface area contributed by atoms with Gasteiger partial charge in [-0.05, 0) is 42.5 Å². The minimum atomic E-state index is -0.0258. The molecular formula is C16H16ClNO2. The predicted molar refractivity (Wildman–Crippen MR) is 77.9 cm³/mol. The van der Waals surface area contributed by atoms with E-state index in [2.05, 4.69) is 12.1 Å². The third-order valence-corrected chi connectivity index (χ3v) is 4.09. The highest BCUT2D eigenvalue weighted by Gasteiger charge is 2.31. The lowest BCUT2D eigenvalue weighted by Gasteiger charge is -2.24. The maximum Gasteiger partial charge on any atom is 0.258 e. The molecule has 2 heterocycles. The van der Waals surface area contributed by atoms with Gasteiger partial charge in [-0.1, -0.05) is 30.3 Å². The second-order valence-electron chi connectivity index (χ2n) is 5.09. The zero-order chi connectivity index (χ0) is 13.9. The Labute approximate surface area is 123 Å². The van der Waals surface area contributed by atoms with Crippen molar-refractivity contribution in [2.24, 2.45) is 0 Å². The van der Waals surface area contributed by atoms with Crippen molar-refractivity contribution < 1.29 is 9.21 Å². The second kappa shape index (κ2) is 5.71. The van der Waals surface area contributed by atoms with Gasteiger partial charge in [0.1, 0.15) is 0 Å². The van der Waals surface area contributed by atoms with Crippen LogP contribution in [0.25, 0.3) is 0 Å². The molecule has 1 fully saturated rings. The molecule has 2 aromatic rings. The molecule has 1 aliphatic heterocycles. The Kier molecular flexibility index (Phi) is 3.79. The van der Waals surface area contributed by atoms with Gasteiger partial charge in [-0.3, -0.25) is 4.79 Å². The monoisotopic (exact) mass is 289 g/mol. The number of hydrogen-bond donors (Lipinski definition) is 0. The molecule has 1 amide bonds. The van der Waals surface area contributed by atoms with Crippen molar-refractivity contribution >= 4 is 17.5 Å². The number of furan rings is 1. The van der Waals surface area contributed by atoms with Crippen LogP contribution in [0.3, 0.4) is 0 Å². The zero-order valence-electron chi connectivity index (χ0n) is 11.1. The summed E-state index contributed by atoms with van der Waals surface area (Å²) in [5, 5.41) is 0.181. The van der Waals surface area contributed by atoms with E-state index in [1.54, 1.807) is 6.07 Å². The Morgan fingerprint density at radius 1 is 1.30 bits per heavy atom. The lowest BCUT2D eigenvalue weighted by atomic mass is 10.0. The molecule has 1 aromatic heterocycles. The Balaban J connectivity index is 1.76. The van der Waals surface area contributed by atoms with Crippen LogP contribution in [0.15, 0.2) is 47.1 Å². The van der Waals surface area contributed by atoms with Crippen LogP contribution in [0, 0.1) is 0 Å². The summed E-state index contributed by atoms with van der Waals surface area (Å²) in [5.74, 6) is -0.0258. The first-order chi connectivity index (χ1) is 9.75. The molecule has 3 nitrogen and oxygen atoms in total. The van der Waals surface area contributed by atoms with E-state index >= 15 is 0 Å². The summed E-state index contributed by atoms with van der Waals surface area (Å²) in [6.45, 7) is 0.790. The van der Waals surface area contributed by atoms with Gasteiger partial charge in [-0.25, -0.2) is 0 Å². The average Bonchev–Trinajstić information content (AvgIpc) is 3.08. The quantitative estimate of drug-likeness (QED) is 0.861. The molecule has 0 radical (unpaired) electrons. The van der Waals surface area contributed by atoms with E-state index < -0.39 is 0 Å². The van der Waals surface area contributed by atoms with Gasteiger partial charge in [0.05, 0.1) is 11.8 Å². The van der Waals surface area contributed by atoms with Gasteiger partial charge in [-0.15, -0.1) is 0 Å². The Bertz CT molecular complexity index is 594. The molecule has 0 spiro atoms. The van der Waals surface area contributed by atoms with E-state index in [0.717, 1.165) is 25.8 Å². The third-order valence-electron chi connectivity index (χ3n) is 3.80. The van der Waals surface area contributed by atoms with E-state index in [-0.39, 0.29) is 17.2 Å². The maximum atomic E-state index is 12.5. The molecule has 3 rings (SSSR count). The van der Waals surface area contributed by atoms with Crippen molar-refractivity contribution in [3.8, 4) is 0 Å². The third kappa shape index (κ3) is 2.59. The van der Waals surface area contributed by atoms with Gasteiger partial charge in [-0.2, -0.15) is 0 Å². The number of hydrogen-bond acceptors (Lipinski definition) is 2. The van der Waals surface area contributed by atoms with Crippen molar-refractivity contribution in [2.75, 3.05) is 6.54 Å². The molecule has 0 N–H and O–H groups in total. The van der Waals surface area contributed by atoms with E-state index in [1.807, 2.05) is 23.1 Å². The highest BCUT2D eigenvalue weighted by molar-refractivity contribution is 6.32. The van der Waals surface area contributed by atoms with Crippen molar-refractivity contribution in [1.82, 2.24) is 4.90 Å². The molecule has 0 aliphatic carbocycles. The number of amides is 1. The minimum Gasteiger partial charge on any atom is -0.452 e. The van der Waals surface area contributed by atoms with E-state index in [9.17, 15) is 4.79 Å². The van der Waals surface area contributed by atoms with Crippen molar-refractivity contribution in [1.29, 1.82) is 0 Å². The largest absolute Gasteiger partial charge is 0.452 e. The smallest absolute Gasteiger partial charge is 0.258 e. The first-order valence-electron chi connectivity index (χ1n) is 6.83. The van der Waals surface area contributed by atoms with Gasteiger partial charge in [0, 0.05) is 12.6 Å². The molecular weight excluding hydrogens is 274 g/mol. The molecule has 1 aliphatic rings. The van der Waals surface area contributed by atoms with Crippen LogP contribution in [0.1, 0.15) is 28.8 Å². The van der Waals surface area contributed by atoms with Crippen LogP contribution < -0.4 is 0 Å². The maximum absolute atomic E-state index is 12.5. The topological polar surface area (TPSA) is 33.5 Å². The van der Waals surface area contributed by atoms with Crippen LogP contribution in [0.4, 0.5) is 0 Å². The van der Waals surface area contributed by atoms with Crippen molar-refractivity contribution in [2.45, 2.75) is 25.3 Å². The van der Waals surface area contributed by atoms with Crippen LogP contribution in [-0.4, -0.2) is 23.4 Å². The van der Waals surface area contributed by atoms with Crippen LogP contribution >= 0.6 is 11.6 Å². The predicted octanol–water partition coefficient (Wildman–Crippen LogP) is 3.78. The number of carbonyl (C=O) groups is 1.